The molecule has 0 saturated carbocycles. The molecular weight excluding hydrogens is 436 g/mol. The van der Waals surface area contributed by atoms with E-state index < -0.39 is 17.7 Å². The lowest BCUT2D eigenvalue weighted by molar-refractivity contribution is -0.131. The van der Waals surface area contributed by atoms with Crippen molar-refractivity contribution < 1.29 is 34.8 Å². The smallest absolute Gasteiger partial charge is 0.377 e. The van der Waals surface area contributed by atoms with Crippen LogP contribution in [0.25, 0.3) is 0 Å². The molecule has 0 aliphatic carbocycles. The third kappa shape index (κ3) is 11.2. The first-order chi connectivity index (χ1) is 15.7. The fraction of sp³-hybridized carbons (Fsp3) is 0.444. The lowest BCUT2D eigenvalue weighted by atomic mass is 9.95. The van der Waals surface area contributed by atoms with Gasteiger partial charge in [-0.1, -0.05) is 63.6 Å². The van der Waals surface area contributed by atoms with Crippen molar-refractivity contribution in [3.63, 3.8) is 0 Å². The van der Waals surface area contributed by atoms with Crippen LogP contribution < -0.4 is 0 Å². The van der Waals surface area contributed by atoms with E-state index in [4.69, 9.17) is 10.2 Å². The highest BCUT2D eigenvalue weighted by Gasteiger charge is 2.19. The van der Waals surface area contributed by atoms with Crippen LogP contribution in [0.3, 0.4) is 0 Å². The van der Waals surface area contributed by atoms with Gasteiger partial charge in [0.2, 0.25) is 0 Å². The number of ketones is 1. The number of Topliss-reactive ketones (excluding diaryl/α,β-unsaturated/α-hetero) is 1. The number of aromatic carboxylic acids is 1. The van der Waals surface area contributed by atoms with Crippen molar-refractivity contribution in [3.8, 4) is 0 Å². The van der Waals surface area contributed by atoms with E-state index in [9.17, 15) is 24.6 Å². The van der Waals surface area contributed by atoms with Crippen molar-refractivity contribution in [2.45, 2.75) is 67.1 Å². The molecule has 0 bridgehead atoms. The molecule has 0 saturated heterocycles. The van der Waals surface area contributed by atoms with Gasteiger partial charge in [0.1, 0.15) is 0 Å². The molecule has 7 nitrogen and oxygen atoms in total. The summed E-state index contributed by atoms with van der Waals surface area (Å²) < 4.78 is 0. The SMILES string of the molecule is CC(C)C(O)CC(O)C(C)C.Cc1cc(C)c(C(=O)C(=O)O)c(C)c1.O=C(O)c1ccccc1. The Morgan fingerprint density at radius 2 is 1.18 bits per heavy atom. The standard InChI is InChI=1S/C11H12O3.C9H20O2.C7H6O2/c1-6-4-7(2)9(8(3)5-6)10(12)11(13)14;1-6(2)8(10)5-9(11)7(3)4;8-7(9)6-4-2-1-3-5-6/h4-5H,1-3H3,(H,13,14);6-11H,5H2,1-4H3;1-5H,(H,8,9). The minimum absolute atomic E-state index is 0.239. The van der Waals surface area contributed by atoms with Crippen LogP contribution in [-0.4, -0.2) is 50.4 Å². The summed E-state index contributed by atoms with van der Waals surface area (Å²) in [5.41, 5.74) is 3.10. The van der Waals surface area contributed by atoms with Gasteiger partial charge in [-0.15, -0.1) is 0 Å². The van der Waals surface area contributed by atoms with Gasteiger partial charge in [-0.05, 0) is 62.3 Å². The Kier molecular flexibility index (Phi) is 13.6. The summed E-state index contributed by atoms with van der Waals surface area (Å²) in [5, 5.41) is 35.8. The monoisotopic (exact) mass is 474 g/mol. The quantitative estimate of drug-likeness (QED) is 0.338. The summed E-state index contributed by atoms with van der Waals surface area (Å²) in [5.74, 6) is -2.64. The predicted molar refractivity (Wildman–Crippen MR) is 132 cm³/mol. The highest BCUT2D eigenvalue weighted by Crippen LogP contribution is 2.17. The Morgan fingerprint density at radius 3 is 1.47 bits per heavy atom. The van der Waals surface area contributed by atoms with E-state index in [2.05, 4.69) is 0 Å². The van der Waals surface area contributed by atoms with Gasteiger partial charge in [0.15, 0.2) is 0 Å². The van der Waals surface area contributed by atoms with Gasteiger partial charge in [-0.25, -0.2) is 9.59 Å². The number of rotatable bonds is 7. The number of carboxylic acid groups (broad SMARTS) is 2. The molecule has 188 valence electrons. The average molecular weight is 475 g/mol. The average Bonchev–Trinajstić information content (AvgIpc) is 2.74. The summed E-state index contributed by atoms with van der Waals surface area (Å²) in [6, 6.07) is 11.9. The van der Waals surface area contributed by atoms with E-state index in [0.29, 0.717) is 17.5 Å². The molecule has 7 heteroatoms. The third-order valence-corrected chi connectivity index (χ3v) is 5.14. The normalized spacial score (nSPS) is 12.1. The fourth-order valence-electron chi connectivity index (χ4n) is 3.02. The Balaban J connectivity index is 0.000000493. The molecule has 0 heterocycles. The Labute approximate surface area is 202 Å². The fourth-order valence-corrected chi connectivity index (χ4v) is 3.02. The maximum Gasteiger partial charge on any atom is 0.377 e. The van der Waals surface area contributed by atoms with E-state index in [1.54, 1.807) is 44.2 Å². The van der Waals surface area contributed by atoms with Gasteiger partial charge in [0.25, 0.3) is 5.78 Å². The van der Waals surface area contributed by atoms with Crippen molar-refractivity contribution in [3.05, 3.63) is 70.3 Å². The highest BCUT2D eigenvalue weighted by molar-refractivity contribution is 6.40. The number of hydrogen-bond donors (Lipinski definition) is 4. The van der Waals surface area contributed by atoms with E-state index >= 15 is 0 Å². The van der Waals surface area contributed by atoms with Crippen molar-refractivity contribution in [2.75, 3.05) is 0 Å². The summed E-state index contributed by atoms with van der Waals surface area (Å²) in [6.07, 6.45) is -0.241. The van der Waals surface area contributed by atoms with Crippen molar-refractivity contribution in [1.82, 2.24) is 0 Å². The molecule has 2 aromatic carbocycles. The number of carbonyl (C=O) groups is 3. The Hall–Kier alpha value is -3.03. The van der Waals surface area contributed by atoms with Crippen LogP contribution in [0.15, 0.2) is 42.5 Å². The van der Waals surface area contributed by atoms with E-state index in [1.807, 2.05) is 46.8 Å². The molecule has 34 heavy (non-hydrogen) atoms. The maximum absolute atomic E-state index is 11.3. The zero-order valence-corrected chi connectivity index (χ0v) is 21.1. The Bertz CT molecular complexity index is 898. The lowest BCUT2D eigenvalue weighted by Crippen LogP contribution is -2.25. The molecule has 4 N–H and O–H groups in total. The van der Waals surface area contributed by atoms with Crippen LogP contribution in [0.1, 0.15) is 71.5 Å². The van der Waals surface area contributed by atoms with Crippen LogP contribution in [0.4, 0.5) is 0 Å². The number of hydrogen-bond acceptors (Lipinski definition) is 5. The Morgan fingerprint density at radius 1 is 0.765 bits per heavy atom. The molecule has 2 rings (SSSR count). The van der Waals surface area contributed by atoms with Gasteiger partial charge in [0, 0.05) is 5.56 Å². The molecule has 2 unspecified atom stereocenters. The third-order valence-electron chi connectivity index (χ3n) is 5.14. The van der Waals surface area contributed by atoms with Crippen LogP contribution >= 0.6 is 0 Å². The number of aliphatic hydroxyl groups excluding tert-OH is 2. The van der Waals surface area contributed by atoms with Gasteiger partial charge in [-0.2, -0.15) is 0 Å². The van der Waals surface area contributed by atoms with Crippen LogP contribution in [0.5, 0.6) is 0 Å². The maximum atomic E-state index is 11.3. The van der Waals surface area contributed by atoms with Crippen molar-refractivity contribution >= 4 is 17.7 Å². The number of aliphatic hydroxyl groups is 2. The minimum Gasteiger partial charge on any atom is -0.478 e. The molecule has 2 aromatic rings. The second-order valence-corrected chi connectivity index (χ2v) is 8.94. The van der Waals surface area contributed by atoms with Crippen LogP contribution in [0, 0.1) is 32.6 Å². The van der Waals surface area contributed by atoms with Gasteiger partial charge >= 0.3 is 11.9 Å². The molecule has 0 radical (unpaired) electrons. The molecular formula is C27H38O7. The first-order valence-corrected chi connectivity index (χ1v) is 11.2. The van der Waals surface area contributed by atoms with E-state index in [-0.39, 0.29) is 24.0 Å². The number of benzene rings is 2. The van der Waals surface area contributed by atoms with Crippen molar-refractivity contribution in [1.29, 1.82) is 0 Å². The summed E-state index contributed by atoms with van der Waals surface area (Å²) in [7, 11) is 0. The minimum atomic E-state index is -1.40. The number of carboxylic acids is 2. The first kappa shape index (κ1) is 31.0. The van der Waals surface area contributed by atoms with Gasteiger partial charge in [0.05, 0.1) is 17.8 Å². The zero-order chi connectivity index (χ0) is 26.6. The molecule has 0 aliphatic rings. The summed E-state index contributed by atoms with van der Waals surface area (Å²) in [4.78, 5) is 32.0. The van der Waals surface area contributed by atoms with Crippen LogP contribution in [0.2, 0.25) is 0 Å². The lowest BCUT2D eigenvalue weighted by Gasteiger charge is -2.20. The molecule has 0 spiro atoms. The predicted octanol–water partition coefficient (Wildman–Crippen LogP) is 4.67. The summed E-state index contributed by atoms with van der Waals surface area (Å²) in [6.45, 7) is 13.2. The topological polar surface area (TPSA) is 132 Å². The van der Waals surface area contributed by atoms with E-state index in [0.717, 1.165) is 16.7 Å². The number of aryl methyl sites for hydroxylation is 3. The van der Waals surface area contributed by atoms with Crippen molar-refractivity contribution in [2.24, 2.45) is 11.8 Å². The molecule has 0 aliphatic heterocycles. The summed E-state index contributed by atoms with van der Waals surface area (Å²) >= 11 is 0. The van der Waals surface area contributed by atoms with Gasteiger partial charge < -0.3 is 20.4 Å². The molecule has 0 fully saturated rings. The number of aliphatic carboxylic acids is 1. The van der Waals surface area contributed by atoms with Crippen LogP contribution in [-0.2, 0) is 4.79 Å². The zero-order valence-electron chi connectivity index (χ0n) is 21.1. The molecule has 0 amide bonds. The molecule has 0 aromatic heterocycles. The first-order valence-electron chi connectivity index (χ1n) is 11.2. The second kappa shape index (κ2) is 15.0. The van der Waals surface area contributed by atoms with E-state index in [1.165, 1.54) is 0 Å². The largest absolute Gasteiger partial charge is 0.478 e. The molecule has 2 atom stereocenters. The second-order valence-electron chi connectivity index (χ2n) is 8.94. The van der Waals surface area contributed by atoms with Gasteiger partial charge in [-0.3, -0.25) is 4.79 Å². The highest BCUT2D eigenvalue weighted by atomic mass is 16.4. The number of carbonyl (C=O) groups excluding carboxylic acids is 1.